The zero-order valence-electron chi connectivity index (χ0n) is 13.9. The summed E-state index contributed by atoms with van der Waals surface area (Å²) in [4.78, 5) is 35.0. The van der Waals surface area contributed by atoms with Crippen LogP contribution in [-0.4, -0.2) is 31.3 Å². The van der Waals surface area contributed by atoms with E-state index in [2.05, 4.69) is 16.0 Å². The highest BCUT2D eigenvalue weighted by molar-refractivity contribution is 5.99. The Morgan fingerprint density at radius 2 is 1.65 bits per heavy atom. The maximum absolute atomic E-state index is 13.5. The molecule has 136 valence electrons. The Labute approximate surface area is 148 Å². The van der Waals surface area contributed by atoms with Gasteiger partial charge in [-0.05, 0) is 29.8 Å². The standard InChI is InChI=1S/C18H17F2N3O3/c1-21-16(24)8-11-2-5-13(6-3-11)23-17(25)10-22-18(26)14-7-4-12(19)9-15(14)20/h2-7,9H,8,10H2,1H3,(H,21,24)(H,22,26)(H,23,25). The molecular formula is C18H17F2N3O3. The van der Waals surface area contributed by atoms with Gasteiger partial charge in [0.1, 0.15) is 11.6 Å². The summed E-state index contributed by atoms with van der Waals surface area (Å²) in [6.45, 7) is -0.379. The van der Waals surface area contributed by atoms with Gasteiger partial charge in [-0.3, -0.25) is 14.4 Å². The average Bonchev–Trinajstić information content (AvgIpc) is 2.61. The van der Waals surface area contributed by atoms with Gasteiger partial charge in [0.25, 0.3) is 5.91 Å². The van der Waals surface area contributed by atoms with Gasteiger partial charge in [0, 0.05) is 18.8 Å². The second-order valence-corrected chi connectivity index (χ2v) is 5.40. The maximum atomic E-state index is 13.5. The smallest absolute Gasteiger partial charge is 0.254 e. The number of carbonyl (C=O) groups is 3. The first-order valence-corrected chi connectivity index (χ1v) is 7.71. The van der Waals surface area contributed by atoms with Crippen LogP contribution in [0.1, 0.15) is 15.9 Å². The van der Waals surface area contributed by atoms with Crippen molar-refractivity contribution in [3.8, 4) is 0 Å². The lowest BCUT2D eigenvalue weighted by Crippen LogP contribution is -2.33. The first-order chi connectivity index (χ1) is 12.4. The van der Waals surface area contributed by atoms with E-state index in [0.29, 0.717) is 11.8 Å². The molecule has 0 unspecified atom stereocenters. The number of anilines is 1. The van der Waals surface area contributed by atoms with Crippen LogP contribution in [0.5, 0.6) is 0 Å². The minimum absolute atomic E-state index is 0.127. The summed E-state index contributed by atoms with van der Waals surface area (Å²) in [6, 6.07) is 9.18. The van der Waals surface area contributed by atoms with Crippen molar-refractivity contribution in [2.45, 2.75) is 6.42 Å². The Balaban J connectivity index is 1.86. The van der Waals surface area contributed by atoms with Crippen LogP contribution >= 0.6 is 0 Å². The number of hydrogen-bond donors (Lipinski definition) is 3. The van der Waals surface area contributed by atoms with Crippen molar-refractivity contribution in [3.05, 3.63) is 65.2 Å². The van der Waals surface area contributed by atoms with Gasteiger partial charge in [0.05, 0.1) is 18.5 Å². The Hall–Kier alpha value is -3.29. The Morgan fingerprint density at radius 3 is 2.27 bits per heavy atom. The van der Waals surface area contributed by atoms with E-state index in [9.17, 15) is 23.2 Å². The highest BCUT2D eigenvalue weighted by Crippen LogP contribution is 2.11. The molecule has 2 aromatic carbocycles. The van der Waals surface area contributed by atoms with Gasteiger partial charge in [-0.1, -0.05) is 12.1 Å². The Kier molecular flexibility index (Phi) is 6.37. The minimum atomic E-state index is -1.00. The zero-order chi connectivity index (χ0) is 19.1. The third-order valence-electron chi connectivity index (χ3n) is 3.47. The predicted octanol–water partition coefficient (Wildman–Crippen LogP) is 1.62. The Morgan fingerprint density at radius 1 is 0.962 bits per heavy atom. The van der Waals surface area contributed by atoms with Crippen molar-refractivity contribution in [2.75, 3.05) is 18.9 Å². The van der Waals surface area contributed by atoms with Crippen LogP contribution in [0, 0.1) is 11.6 Å². The molecule has 0 atom stereocenters. The van der Waals surface area contributed by atoms with E-state index in [4.69, 9.17) is 0 Å². The average molecular weight is 361 g/mol. The summed E-state index contributed by atoms with van der Waals surface area (Å²) in [5.41, 5.74) is 0.915. The first-order valence-electron chi connectivity index (χ1n) is 7.71. The lowest BCUT2D eigenvalue weighted by Gasteiger charge is -2.08. The normalized spacial score (nSPS) is 10.1. The van der Waals surface area contributed by atoms with Gasteiger partial charge in [0.2, 0.25) is 11.8 Å². The molecule has 8 heteroatoms. The molecule has 3 N–H and O–H groups in total. The van der Waals surface area contributed by atoms with Crippen molar-refractivity contribution in [2.24, 2.45) is 0 Å². The van der Waals surface area contributed by atoms with Crippen molar-refractivity contribution in [1.82, 2.24) is 10.6 Å². The van der Waals surface area contributed by atoms with Gasteiger partial charge in [-0.15, -0.1) is 0 Å². The van der Waals surface area contributed by atoms with Crippen LogP contribution in [0.3, 0.4) is 0 Å². The lowest BCUT2D eigenvalue weighted by atomic mass is 10.1. The number of likely N-dealkylation sites (N-methyl/N-ethyl adjacent to an activating group) is 1. The molecule has 2 rings (SSSR count). The fourth-order valence-corrected chi connectivity index (χ4v) is 2.11. The predicted molar refractivity (Wildman–Crippen MR) is 91.5 cm³/mol. The van der Waals surface area contributed by atoms with E-state index >= 15 is 0 Å². The molecular weight excluding hydrogens is 344 g/mol. The quantitative estimate of drug-likeness (QED) is 0.731. The molecule has 0 heterocycles. The van der Waals surface area contributed by atoms with E-state index in [0.717, 1.165) is 17.7 Å². The number of amides is 3. The molecule has 0 radical (unpaired) electrons. The molecule has 26 heavy (non-hydrogen) atoms. The van der Waals surface area contributed by atoms with Crippen LogP contribution in [0.4, 0.5) is 14.5 Å². The molecule has 0 saturated heterocycles. The molecule has 0 fully saturated rings. The van der Waals surface area contributed by atoms with Crippen LogP contribution in [-0.2, 0) is 16.0 Å². The summed E-state index contributed by atoms with van der Waals surface area (Å²) in [6.07, 6.45) is 0.226. The largest absolute Gasteiger partial charge is 0.359 e. The molecule has 0 bridgehead atoms. The van der Waals surface area contributed by atoms with Gasteiger partial charge < -0.3 is 16.0 Å². The highest BCUT2D eigenvalue weighted by atomic mass is 19.1. The van der Waals surface area contributed by atoms with Crippen LogP contribution in [0.2, 0.25) is 0 Å². The Bertz CT molecular complexity index is 823. The summed E-state index contributed by atoms with van der Waals surface area (Å²) in [7, 11) is 1.54. The molecule has 3 amide bonds. The van der Waals surface area contributed by atoms with E-state index < -0.39 is 23.4 Å². The fourth-order valence-electron chi connectivity index (χ4n) is 2.11. The van der Waals surface area contributed by atoms with Gasteiger partial charge in [-0.25, -0.2) is 8.78 Å². The van der Waals surface area contributed by atoms with E-state index in [1.54, 1.807) is 31.3 Å². The number of nitrogens with one attached hydrogen (secondary N) is 3. The SMILES string of the molecule is CNC(=O)Cc1ccc(NC(=O)CNC(=O)c2ccc(F)cc2F)cc1. The molecule has 0 aliphatic carbocycles. The molecule has 0 aliphatic heterocycles. The molecule has 0 spiro atoms. The number of carbonyl (C=O) groups excluding carboxylic acids is 3. The van der Waals surface area contributed by atoms with E-state index in [1.807, 2.05) is 0 Å². The molecule has 2 aromatic rings. The van der Waals surface area contributed by atoms with Crippen LogP contribution < -0.4 is 16.0 Å². The third kappa shape index (κ3) is 5.37. The van der Waals surface area contributed by atoms with Crippen LogP contribution in [0.25, 0.3) is 0 Å². The van der Waals surface area contributed by atoms with Crippen LogP contribution in [0.15, 0.2) is 42.5 Å². The number of rotatable bonds is 6. The fraction of sp³-hybridized carbons (Fsp3) is 0.167. The van der Waals surface area contributed by atoms with Gasteiger partial charge in [0.15, 0.2) is 0 Å². The van der Waals surface area contributed by atoms with Crippen molar-refractivity contribution >= 4 is 23.4 Å². The second-order valence-electron chi connectivity index (χ2n) is 5.40. The third-order valence-corrected chi connectivity index (χ3v) is 3.47. The number of hydrogen-bond acceptors (Lipinski definition) is 3. The first kappa shape index (κ1) is 19.0. The molecule has 0 aliphatic rings. The summed E-state index contributed by atoms with van der Waals surface area (Å²) in [5, 5.41) is 7.33. The zero-order valence-corrected chi connectivity index (χ0v) is 13.9. The number of halogens is 2. The van der Waals surface area contributed by atoms with E-state index in [1.165, 1.54) is 0 Å². The second kappa shape index (κ2) is 8.70. The topological polar surface area (TPSA) is 87.3 Å². The van der Waals surface area contributed by atoms with Gasteiger partial charge >= 0.3 is 0 Å². The maximum Gasteiger partial charge on any atom is 0.254 e. The van der Waals surface area contributed by atoms with Crippen molar-refractivity contribution in [3.63, 3.8) is 0 Å². The summed E-state index contributed by atoms with van der Waals surface area (Å²) < 4.78 is 26.3. The molecule has 0 aromatic heterocycles. The molecule has 0 saturated carbocycles. The van der Waals surface area contributed by atoms with Crippen molar-refractivity contribution < 1.29 is 23.2 Å². The highest BCUT2D eigenvalue weighted by Gasteiger charge is 2.13. The lowest BCUT2D eigenvalue weighted by molar-refractivity contribution is -0.120. The van der Waals surface area contributed by atoms with E-state index in [-0.39, 0.29) is 24.4 Å². The van der Waals surface area contributed by atoms with Crippen molar-refractivity contribution in [1.29, 1.82) is 0 Å². The monoisotopic (exact) mass is 361 g/mol. The minimum Gasteiger partial charge on any atom is -0.359 e. The molecule has 6 nitrogen and oxygen atoms in total. The summed E-state index contributed by atoms with van der Waals surface area (Å²) >= 11 is 0. The van der Waals surface area contributed by atoms with Gasteiger partial charge in [-0.2, -0.15) is 0 Å². The number of benzene rings is 2. The summed E-state index contributed by atoms with van der Waals surface area (Å²) in [5.74, 6) is -3.26.